The third kappa shape index (κ3) is 3.16. The maximum absolute atomic E-state index is 9.52. The van der Waals surface area contributed by atoms with Crippen molar-refractivity contribution in [1.29, 1.82) is 0 Å². The second-order valence-corrected chi connectivity index (χ2v) is 6.28. The number of anilines is 1. The zero-order chi connectivity index (χ0) is 14.8. The number of nitrogens with one attached hydrogen (secondary N) is 1. The van der Waals surface area contributed by atoms with E-state index in [0.29, 0.717) is 5.75 Å². The fourth-order valence-electron chi connectivity index (χ4n) is 2.69. The number of ether oxygens (including phenoxy) is 1. The summed E-state index contributed by atoms with van der Waals surface area (Å²) in [4.78, 5) is 0. The van der Waals surface area contributed by atoms with Crippen LogP contribution < -0.4 is 10.1 Å². The minimum Gasteiger partial charge on any atom is -0.508 e. The third-order valence-electron chi connectivity index (χ3n) is 3.79. The molecular formula is C17H18BrNO2. The number of halogens is 1. The summed E-state index contributed by atoms with van der Waals surface area (Å²) in [5.74, 6) is 1.24. The van der Waals surface area contributed by atoms with Crippen molar-refractivity contribution in [3.05, 3.63) is 52.0 Å². The Morgan fingerprint density at radius 1 is 1.24 bits per heavy atom. The van der Waals surface area contributed by atoms with Crippen LogP contribution >= 0.6 is 15.9 Å². The lowest BCUT2D eigenvalue weighted by Crippen LogP contribution is -2.11. The van der Waals surface area contributed by atoms with Crippen LogP contribution in [0.25, 0.3) is 0 Å². The Balaban J connectivity index is 1.92. The van der Waals surface area contributed by atoms with E-state index in [9.17, 15) is 5.11 Å². The lowest BCUT2D eigenvalue weighted by molar-refractivity contribution is 0.316. The molecule has 1 heterocycles. The summed E-state index contributed by atoms with van der Waals surface area (Å²) in [6.07, 6.45) is 2.04. The van der Waals surface area contributed by atoms with Crippen molar-refractivity contribution in [1.82, 2.24) is 0 Å². The number of aryl methyl sites for hydroxylation is 1. The molecule has 0 fully saturated rings. The Kier molecular flexibility index (Phi) is 4.06. The van der Waals surface area contributed by atoms with Gasteiger partial charge in [0.2, 0.25) is 0 Å². The first-order valence-corrected chi connectivity index (χ1v) is 7.91. The average Bonchev–Trinajstić information content (AvgIpc) is 2.64. The minimum atomic E-state index is 0.221. The van der Waals surface area contributed by atoms with Gasteiger partial charge in [0.1, 0.15) is 11.5 Å². The van der Waals surface area contributed by atoms with Crippen molar-refractivity contribution in [2.24, 2.45) is 0 Å². The molecule has 4 heteroatoms. The average molecular weight is 348 g/mol. The standard InChI is InChI=1S/C17H18BrNO2/c1-11-9-13(20)5-7-15(11)19-16-3-2-8-21-17-10-12(18)4-6-14(16)17/h4-7,9-10,16,19-20H,2-3,8H2,1H3. The molecule has 2 N–H and O–H groups in total. The Bertz CT molecular complexity index is 657. The van der Waals surface area contributed by atoms with Gasteiger partial charge in [0.05, 0.1) is 12.6 Å². The molecule has 0 saturated carbocycles. The van der Waals surface area contributed by atoms with E-state index in [4.69, 9.17) is 4.74 Å². The molecule has 1 atom stereocenters. The second kappa shape index (κ2) is 5.98. The first kappa shape index (κ1) is 14.3. The summed E-state index contributed by atoms with van der Waals surface area (Å²) in [6.45, 7) is 2.74. The van der Waals surface area contributed by atoms with Crippen LogP contribution in [0.3, 0.4) is 0 Å². The van der Waals surface area contributed by atoms with Gasteiger partial charge in [0, 0.05) is 15.7 Å². The molecule has 3 nitrogen and oxygen atoms in total. The predicted octanol–water partition coefficient (Wildman–Crippen LogP) is 4.79. The number of fused-ring (bicyclic) bond motifs is 1. The predicted molar refractivity (Wildman–Crippen MR) is 88.1 cm³/mol. The lowest BCUT2D eigenvalue weighted by Gasteiger charge is -2.21. The molecule has 0 aromatic heterocycles. The van der Waals surface area contributed by atoms with Crippen molar-refractivity contribution in [2.45, 2.75) is 25.8 Å². The van der Waals surface area contributed by atoms with E-state index in [0.717, 1.165) is 40.9 Å². The molecule has 1 aliphatic rings. The minimum absolute atomic E-state index is 0.221. The van der Waals surface area contributed by atoms with Crippen LogP contribution in [-0.2, 0) is 0 Å². The van der Waals surface area contributed by atoms with Crippen LogP contribution in [0, 0.1) is 6.92 Å². The van der Waals surface area contributed by atoms with E-state index >= 15 is 0 Å². The quantitative estimate of drug-likeness (QED) is 0.767. The highest BCUT2D eigenvalue weighted by molar-refractivity contribution is 9.10. The fraction of sp³-hybridized carbons (Fsp3) is 0.294. The molecule has 2 aromatic carbocycles. The van der Waals surface area contributed by atoms with Gasteiger partial charge in [-0.25, -0.2) is 0 Å². The smallest absolute Gasteiger partial charge is 0.125 e. The van der Waals surface area contributed by atoms with E-state index in [-0.39, 0.29) is 6.04 Å². The van der Waals surface area contributed by atoms with Crippen LogP contribution in [0.15, 0.2) is 40.9 Å². The van der Waals surface area contributed by atoms with Crippen molar-refractivity contribution < 1.29 is 9.84 Å². The largest absolute Gasteiger partial charge is 0.508 e. The van der Waals surface area contributed by atoms with E-state index in [1.165, 1.54) is 5.56 Å². The zero-order valence-corrected chi connectivity index (χ0v) is 13.5. The van der Waals surface area contributed by atoms with E-state index < -0.39 is 0 Å². The van der Waals surface area contributed by atoms with Crippen LogP contribution in [0.5, 0.6) is 11.5 Å². The summed E-state index contributed by atoms with van der Waals surface area (Å²) >= 11 is 3.49. The number of benzene rings is 2. The number of hydrogen-bond acceptors (Lipinski definition) is 3. The van der Waals surface area contributed by atoms with Gasteiger partial charge in [0.25, 0.3) is 0 Å². The number of hydrogen-bond donors (Lipinski definition) is 2. The maximum atomic E-state index is 9.52. The molecule has 0 saturated heterocycles. The van der Waals surface area contributed by atoms with Crippen LogP contribution in [-0.4, -0.2) is 11.7 Å². The summed E-state index contributed by atoms with van der Waals surface area (Å²) in [5.41, 5.74) is 3.27. The number of phenolic OH excluding ortho intramolecular Hbond substituents is 1. The molecule has 21 heavy (non-hydrogen) atoms. The molecule has 1 aliphatic heterocycles. The molecule has 0 amide bonds. The number of aromatic hydroxyl groups is 1. The SMILES string of the molecule is Cc1cc(O)ccc1NC1CCCOc2cc(Br)ccc21. The van der Waals surface area contributed by atoms with Crippen molar-refractivity contribution in [3.63, 3.8) is 0 Å². The molecule has 3 rings (SSSR count). The highest BCUT2D eigenvalue weighted by Crippen LogP contribution is 2.36. The van der Waals surface area contributed by atoms with Gasteiger partial charge in [-0.15, -0.1) is 0 Å². The summed E-state index contributed by atoms with van der Waals surface area (Å²) in [6, 6.07) is 11.8. The summed E-state index contributed by atoms with van der Waals surface area (Å²) in [5, 5.41) is 13.1. The van der Waals surface area contributed by atoms with Crippen molar-refractivity contribution >= 4 is 21.6 Å². The molecule has 0 bridgehead atoms. The Morgan fingerprint density at radius 3 is 2.90 bits per heavy atom. The molecule has 0 spiro atoms. The second-order valence-electron chi connectivity index (χ2n) is 5.37. The highest BCUT2D eigenvalue weighted by Gasteiger charge is 2.20. The monoisotopic (exact) mass is 347 g/mol. The normalized spacial score (nSPS) is 17.5. The van der Waals surface area contributed by atoms with E-state index in [2.05, 4.69) is 27.3 Å². The van der Waals surface area contributed by atoms with Gasteiger partial charge in [-0.05, 0) is 55.7 Å². The third-order valence-corrected chi connectivity index (χ3v) is 4.28. The van der Waals surface area contributed by atoms with Crippen LogP contribution in [0.2, 0.25) is 0 Å². The van der Waals surface area contributed by atoms with Crippen LogP contribution in [0.4, 0.5) is 5.69 Å². The summed E-state index contributed by atoms with van der Waals surface area (Å²) in [7, 11) is 0. The van der Waals surface area contributed by atoms with Crippen LogP contribution in [0.1, 0.15) is 30.0 Å². The lowest BCUT2D eigenvalue weighted by atomic mass is 10.0. The Labute approximate surface area is 133 Å². The van der Waals surface area contributed by atoms with Gasteiger partial charge < -0.3 is 15.2 Å². The van der Waals surface area contributed by atoms with Gasteiger partial charge in [-0.2, -0.15) is 0 Å². The number of rotatable bonds is 2. The number of phenols is 1. The van der Waals surface area contributed by atoms with E-state index in [1.54, 1.807) is 12.1 Å². The maximum Gasteiger partial charge on any atom is 0.125 e. The van der Waals surface area contributed by atoms with Gasteiger partial charge >= 0.3 is 0 Å². The molecule has 1 unspecified atom stereocenters. The molecule has 0 radical (unpaired) electrons. The van der Waals surface area contributed by atoms with Crippen molar-refractivity contribution in [2.75, 3.05) is 11.9 Å². The fourth-order valence-corrected chi connectivity index (χ4v) is 3.03. The molecule has 0 aliphatic carbocycles. The molecule has 110 valence electrons. The van der Waals surface area contributed by atoms with Crippen molar-refractivity contribution in [3.8, 4) is 11.5 Å². The Hall–Kier alpha value is -1.68. The molecular weight excluding hydrogens is 330 g/mol. The summed E-state index contributed by atoms with van der Waals surface area (Å²) < 4.78 is 6.87. The highest BCUT2D eigenvalue weighted by atomic mass is 79.9. The molecule has 2 aromatic rings. The topological polar surface area (TPSA) is 41.5 Å². The first-order chi connectivity index (χ1) is 10.1. The van der Waals surface area contributed by atoms with Gasteiger partial charge in [-0.1, -0.05) is 22.0 Å². The van der Waals surface area contributed by atoms with Gasteiger partial charge in [0.15, 0.2) is 0 Å². The Morgan fingerprint density at radius 2 is 2.10 bits per heavy atom. The first-order valence-electron chi connectivity index (χ1n) is 7.12. The zero-order valence-electron chi connectivity index (χ0n) is 11.9. The van der Waals surface area contributed by atoms with Gasteiger partial charge in [-0.3, -0.25) is 0 Å². The van der Waals surface area contributed by atoms with E-state index in [1.807, 2.05) is 25.1 Å².